The highest BCUT2D eigenvalue weighted by Crippen LogP contribution is 2.42. The van der Waals surface area contributed by atoms with E-state index in [-0.39, 0.29) is 0 Å². The molecule has 0 aliphatic rings. The predicted octanol–water partition coefficient (Wildman–Crippen LogP) is 16.1. The van der Waals surface area contributed by atoms with Crippen LogP contribution in [0.2, 0.25) is 0 Å². The number of fused-ring (bicyclic) bond motifs is 6. The van der Waals surface area contributed by atoms with E-state index in [0.717, 1.165) is 44.6 Å². The quantitative estimate of drug-likeness (QED) is 0.158. The Morgan fingerprint density at radius 2 is 0.531 bits per heavy atom. The van der Waals surface area contributed by atoms with Gasteiger partial charge in [-0.3, -0.25) is 0 Å². The van der Waals surface area contributed by atoms with Gasteiger partial charge in [0.2, 0.25) is 0 Å². The van der Waals surface area contributed by atoms with E-state index < -0.39 is 0 Å². The SMILES string of the molecule is N#Cc1ccc(-c2cc(-n3c4ccc(-c5ccccc5)cc4c4cc(-c5ccccc5)ccc43)cc(-n3c4ccc(-c5ccccc5)cc4c4cc(-c5ccccc5)ccc43)c2)cc1. The molecular weight excluding hydrogens is 775 g/mol. The number of rotatable bonds is 7. The molecule has 0 N–H and O–H groups in total. The van der Waals surface area contributed by atoms with E-state index in [1.807, 2.05) is 12.1 Å². The van der Waals surface area contributed by atoms with Crippen molar-refractivity contribution in [3.8, 4) is 73.1 Å². The number of aromatic nitrogens is 2. The van der Waals surface area contributed by atoms with Gasteiger partial charge in [0.25, 0.3) is 0 Å². The standard InChI is InChI=1S/C61H39N3/c62-40-41-21-23-46(24-22-41)51-33-52(63-58-29-25-47(42-13-5-1-6-14-42)35-54(58)55-36-48(26-30-59(55)63)43-15-7-2-8-16-43)39-53(34-51)64-60-31-27-49(44-17-9-3-10-18-44)37-56(60)57-38-50(28-32-61(57)64)45-19-11-4-12-20-45/h1-39H. The van der Waals surface area contributed by atoms with E-state index in [1.165, 1.54) is 66.1 Å². The Hall–Kier alpha value is -8.71. The van der Waals surface area contributed by atoms with Gasteiger partial charge in [-0.1, -0.05) is 158 Å². The minimum absolute atomic E-state index is 0.636. The van der Waals surface area contributed by atoms with Crippen LogP contribution in [0.5, 0.6) is 0 Å². The first-order chi connectivity index (χ1) is 31.7. The van der Waals surface area contributed by atoms with Crippen molar-refractivity contribution in [1.29, 1.82) is 5.26 Å². The number of nitriles is 1. The molecule has 0 spiro atoms. The van der Waals surface area contributed by atoms with Crippen molar-refractivity contribution in [3.05, 3.63) is 242 Å². The number of hydrogen-bond acceptors (Lipinski definition) is 1. The third kappa shape index (κ3) is 6.37. The third-order valence-electron chi connectivity index (χ3n) is 12.7. The van der Waals surface area contributed by atoms with Crippen LogP contribution in [0.15, 0.2) is 237 Å². The number of benzene rings is 10. The van der Waals surface area contributed by atoms with Gasteiger partial charge >= 0.3 is 0 Å². The van der Waals surface area contributed by atoms with Gasteiger partial charge < -0.3 is 9.13 Å². The van der Waals surface area contributed by atoms with Crippen LogP contribution in [0.1, 0.15) is 5.56 Å². The maximum absolute atomic E-state index is 9.75. The van der Waals surface area contributed by atoms with Gasteiger partial charge in [-0.25, -0.2) is 0 Å². The second-order valence-corrected chi connectivity index (χ2v) is 16.5. The smallest absolute Gasteiger partial charge is 0.0991 e. The fourth-order valence-corrected chi connectivity index (χ4v) is 9.60. The van der Waals surface area contributed by atoms with E-state index in [2.05, 4.69) is 240 Å². The van der Waals surface area contributed by atoms with Crippen LogP contribution in [0, 0.1) is 11.3 Å². The largest absolute Gasteiger partial charge is 0.309 e. The molecule has 0 aliphatic carbocycles. The van der Waals surface area contributed by atoms with Crippen molar-refractivity contribution in [1.82, 2.24) is 9.13 Å². The Morgan fingerprint density at radius 1 is 0.250 bits per heavy atom. The maximum atomic E-state index is 9.75. The van der Waals surface area contributed by atoms with Crippen LogP contribution in [-0.2, 0) is 0 Å². The molecule has 0 fully saturated rings. The molecule has 0 amide bonds. The molecule has 3 heteroatoms. The van der Waals surface area contributed by atoms with E-state index in [0.29, 0.717) is 5.56 Å². The average Bonchev–Trinajstić information content (AvgIpc) is 3.88. The molecule has 12 rings (SSSR count). The Bertz CT molecular complexity index is 3330. The molecule has 3 nitrogen and oxygen atoms in total. The van der Waals surface area contributed by atoms with Crippen LogP contribution in [0.4, 0.5) is 0 Å². The molecule has 2 heterocycles. The van der Waals surface area contributed by atoms with Crippen LogP contribution in [-0.4, -0.2) is 9.13 Å². The van der Waals surface area contributed by atoms with Gasteiger partial charge in [0.05, 0.1) is 33.7 Å². The highest BCUT2D eigenvalue weighted by molar-refractivity contribution is 6.13. The predicted molar refractivity (Wildman–Crippen MR) is 267 cm³/mol. The second-order valence-electron chi connectivity index (χ2n) is 16.5. The normalized spacial score (nSPS) is 11.4. The molecule has 0 bridgehead atoms. The molecule has 0 aliphatic heterocycles. The number of hydrogen-bond donors (Lipinski definition) is 0. The van der Waals surface area contributed by atoms with Crippen molar-refractivity contribution in [2.75, 3.05) is 0 Å². The zero-order chi connectivity index (χ0) is 42.6. The Morgan fingerprint density at radius 3 is 0.828 bits per heavy atom. The third-order valence-corrected chi connectivity index (χ3v) is 12.7. The fourth-order valence-electron chi connectivity index (χ4n) is 9.60. The Balaban J connectivity index is 1.14. The summed E-state index contributed by atoms with van der Waals surface area (Å²) in [5.74, 6) is 0. The monoisotopic (exact) mass is 813 g/mol. The lowest BCUT2D eigenvalue weighted by molar-refractivity contribution is 1.13. The average molecular weight is 814 g/mol. The summed E-state index contributed by atoms with van der Waals surface area (Å²) in [6.07, 6.45) is 0. The van der Waals surface area contributed by atoms with Gasteiger partial charge in [0, 0.05) is 32.9 Å². The van der Waals surface area contributed by atoms with Crippen molar-refractivity contribution < 1.29 is 0 Å². The lowest BCUT2D eigenvalue weighted by Gasteiger charge is -2.16. The summed E-state index contributed by atoms with van der Waals surface area (Å²) < 4.78 is 4.86. The van der Waals surface area contributed by atoms with Crippen molar-refractivity contribution in [2.24, 2.45) is 0 Å². The first kappa shape index (κ1) is 37.1. The molecule has 0 saturated heterocycles. The van der Waals surface area contributed by atoms with Crippen LogP contribution >= 0.6 is 0 Å². The lowest BCUT2D eigenvalue weighted by atomic mass is 10.0. The van der Waals surface area contributed by atoms with Gasteiger partial charge in [0.1, 0.15) is 0 Å². The van der Waals surface area contributed by atoms with Gasteiger partial charge in [-0.2, -0.15) is 5.26 Å². The zero-order valence-electron chi connectivity index (χ0n) is 34.9. The highest BCUT2D eigenvalue weighted by atomic mass is 15.0. The molecule has 2 aromatic heterocycles. The topological polar surface area (TPSA) is 33.6 Å². The van der Waals surface area contributed by atoms with Gasteiger partial charge in [-0.05, 0) is 134 Å². The molecule has 0 atom stereocenters. The van der Waals surface area contributed by atoms with E-state index in [1.54, 1.807) is 0 Å². The first-order valence-corrected chi connectivity index (χ1v) is 21.7. The minimum atomic E-state index is 0.636. The molecule has 0 radical (unpaired) electrons. The van der Waals surface area contributed by atoms with Crippen LogP contribution < -0.4 is 0 Å². The molecule has 298 valence electrons. The van der Waals surface area contributed by atoms with Crippen LogP contribution in [0.25, 0.3) is 111 Å². The van der Waals surface area contributed by atoms with E-state index in [4.69, 9.17) is 0 Å². The maximum Gasteiger partial charge on any atom is 0.0991 e. The second kappa shape index (κ2) is 15.3. The molecule has 10 aromatic carbocycles. The summed E-state index contributed by atoms with van der Waals surface area (Å²) in [6, 6.07) is 87.3. The summed E-state index contributed by atoms with van der Waals surface area (Å²) in [6.45, 7) is 0. The molecular formula is C61H39N3. The summed E-state index contributed by atoms with van der Waals surface area (Å²) in [5.41, 5.74) is 18.8. The molecule has 64 heavy (non-hydrogen) atoms. The lowest BCUT2D eigenvalue weighted by Crippen LogP contribution is -2.00. The summed E-state index contributed by atoms with van der Waals surface area (Å²) in [4.78, 5) is 0. The minimum Gasteiger partial charge on any atom is -0.309 e. The molecule has 0 unspecified atom stereocenters. The summed E-state index contributed by atoms with van der Waals surface area (Å²) >= 11 is 0. The number of nitrogens with zero attached hydrogens (tertiary/aromatic N) is 3. The summed E-state index contributed by atoms with van der Waals surface area (Å²) in [7, 11) is 0. The molecule has 12 aromatic rings. The molecule has 0 saturated carbocycles. The first-order valence-electron chi connectivity index (χ1n) is 21.7. The zero-order valence-corrected chi connectivity index (χ0v) is 34.9. The van der Waals surface area contributed by atoms with E-state index >= 15 is 0 Å². The Kier molecular flexibility index (Phi) is 8.88. The fraction of sp³-hybridized carbons (Fsp3) is 0. The highest BCUT2D eigenvalue weighted by Gasteiger charge is 2.20. The van der Waals surface area contributed by atoms with E-state index in [9.17, 15) is 5.26 Å². The van der Waals surface area contributed by atoms with Gasteiger partial charge in [0.15, 0.2) is 0 Å². The van der Waals surface area contributed by atoms with Crippen LogP contribution in [0.3, 0.4) is 0 Å². The van der Waals surface area contributed by atoms with Crippen molar-refractivity contribution >= 4 is 43.6 Å². The Labute approximate surface area is 371 Å². The van der Waals surface area contributed by atoms with Crippen molar-refractivity contribution in [3.63, 3.8) is 0 Å². The van der Waals surface area contributed by atoms with Crippen molar-refractivity contribution in [2.45, 2.75) is 0 Å². The van der Waals surface area contributed by atoms with Gasteiger partial charge in [-0.15, -0.1) is 0 Å². The summed E-state index contributed by atoms with van der Waals surface area (Å²) in [5, 5.41) is 14.5.